The van der Waals surface area contributed by atoms with Crippen molar-refractivity contribution in [1.29, 1.82) is 0 Å². The first kappa shape index (κ1) is 82.0. The van der Waals surface area contributed by atoms with Gasteiger partial charge in [-0.3, -0.25) is 18.6 Å². The second-order valence-electron chi connectivity index (χ2n) is 26.0. The van der Waals surface area contributed by atoms with Crippen molar-refractivity contribution >= 4 is 19.8 Å². The standard InChI is InChI=1S/C74H140NO8P/c1-6-8-10-12-14-16-18-20-22-24-26-28-30-32-33-34-35-36-37-38-39-40-41-43-44-46-48-50-52-54-56-58-60-62-64-66-73(76)80-70-72(71-82-84(78,79)81-69-68-75(3,4)5)83-74(77)67-65-63-61-59-57-55-53-51-49-47-45-42-31-29-27-25-23-21-19-17-15-13-11-9-7-2/h19,21,24-27,31,42,72H,6-18,20,22-23,28-30,32-41,43-71H2,1-5H3/p+1/b21-19-,26-24-,27-25-,42-31-. The third-order valence-corrected chi connectivity index (χ3v) is 17.3. The van der Waals surface area contributed by atoms with Gasteiger partial charge in [-0.15, -0.1) is 0 Å². The van der Waals surface area contributed by atoms with Crippen molar-refractivity contribution in [2.75, 3.05) is 47.5 Å². The highest BCUT2D eigenvalue weighted by atomic mass is 31.2. The van der Waals surface area contributed by atoms with Gasteiger partial charge in [0.1, 0.15) is 19.8 Å². The second-order valence-corrected chi connectivity index (χ2v) is 27.4. The molecule has 1 N–H and O–H groups in total. The molecule has 10 heteroatoms. The first-order valence-electron chi connectivity index (χ1n) is 36.4. The Morgan fingerprint density at radius 1 is 0.369 bits per heavy atom. The van der Waals surface area contributed by atoms with Crippen molar-refractivity contribution in [3.8, 4) is 0 Å². The molecule has 0 radical (unpaired) electrons. The summed E-state index contributed by atoms with van der Waals surface area (Å²) in [6, 6.07) is 0. The molecule has 2 atom stereocenters. The fraction of sp³-hybridized carbons (Fsp3) is 0.865. The molecule has 0 fully saturated rings. The Kier molecular flexibility index (Phi) is 63.8. The fourth-order valence-electron chi connectivity index (χ4n) is 10.7. The number of rotatable bonds is 68. The van der Waals surface area contributed by atoms with Gasteiger partial charge in [0, 0.05) is 12.8 Å². The van der Waals surface area contributed by atoms with E-state index in [0.29, 0.717) is 23.9 Å². The molecule has 0 aromatic carbocycles. The van der Waals surface area contributed by atoms with Crippen molar-refractivity contribution in [3.05, 3.63) is 48.6 Å². The molecule has 0 aliphatic rings. The Hall–Kier alpha value is -2.03. The van der Waals surface area contributed by atoms with Crippen molar-refractivity contribution < 1.29 is 42.1 Å². The van der Waals surface area contributed by atoms with E-state index < -0.39 is 26.5 Å². The summed E-state index contributed by atoms with van der Waals surface area (Å²) in [5, 5.41) is 0. The second kappa shape index (κ2) is 65.4. The van der Waals surface area contributed by atoms with Gasteiger partial charge in [-0.1, -0.05) is 319 Å². The Morgan fingerprint density at radius 3 is 0.964 bits per heavy atom. The molecule has 0 heterocycles. The predicted octanol–water partition coefficient (Wildman–Crippen LogP) is 23.6. The molecule has 0 aliphatic carbocycles. The number of carbonyl (C=O) groups is 2. The number of allylic oxidation sites excluding steroid dienone is 8. The Labute approximate surface area is 522 Å². The van der Waals surface area contributed by atoms with Gasteiger partial charge >= 0.3 is 19.8 Å². The summed E-state index contributed by atoms with van der Waals surface area (Å²) in [5.41, 5.74) is 0. The molecule has 0 amide bonds. The van der Waals surface area contributed by atoms with Gasteiger partial charge in [-0.2, -0.15) is 0 Å². The van der Waals surface area contributed by atoms with Crippen molar-refractivity contribution in [3.63, 3.8) is 0 Å². The lowest BCUT2D eigenvalue weighted by molar-refractivity contribution is -0.870. The normalized spacial score (nSPS) is 13.4. The maximum absolute atomic E-state index is 12.9. The van der Waals surface area contributed by atoms with E-state index in [-0.39, 0.29) is 25.6 Å². The zero-order chi connectivity index (χ0) is 61.2. The van der Waals surface area contributed by atoms with Gasteiger partial charge in [-0.05, 0) is 77.0 Å². The number of ether oxygens (including phenoxy) is 2. The first-order chi connectivity index (χ1) is 41.0. The summed E-state index contributed by atoms with van der Waals surface area (Å²) in [4.78, 5) is 35.9. The molecule has 0 aromatic heterocycles. The number of phosphoric ester groups is 1. The van der Waals surface area contributed by atoms with Crippen LogP contribution in [0.4, 0.5) is 0 Å². The minimum absolute atomic E-state index is 0.0318. The lowest BCUT2D eigenvalue weighted by Gasteiger charge is -2.24. The number of phosphoric acid groups is 1. The van der Waals surface area contributed by atoms with Crippen LogP contribution >= 0.6 is 7.82 Å². The average Bonchev–Trinajstić information content (AvgIpc) is 3.60. The monoisotopic (exact) mass is 1200 g/mol. The molecule has 84 heavy (non-hydrogen) atoms. The maximum Gasteiger partial charge on any atom is 0.472 e. The number of unbranched alkanes of at least 4 members (excludes halogenated alkanes) is 46. The van der Waals surface area contributed by atoms with Gasteiger partial charge in [0.15, 0.2) is 6.10 Å². The molecule has 9 nitrogen and oxygen atoms in total. The molecule has 0 bridgehead atoms. The highest BCUT2D eigenvalue weighted by Gasteiger charge is 2.27. The summed E-state index contributed by atoms with van der Waals surface area (Å²) < 4.78 is 34.7. The number of carbonyl (C=O) groups excluding carboxylic acids is 2. The Morgan fingerprint density at radius 2 is 0.643 bits per heavy atom. The third kappa shape index (κ3) is 69.1. The molecule has 0 aliphatic heterocycles. The molecule has 2 unspecified atom stereocenters. The van der Waals surface area contributed by atoms with E-state index in [1.54, 1.807) is 0 Å². The number of esters is 2. The number of likely N-dealkylation sites (N-methyl/N-ethyl adjacent to an activating group) is 1. The van der Waals surface area contributed by atoms with Crippen LogP contribution < -0.4 is 0 Å². The Bertz CT molecular complexity index is 1560. The third-order valence-electron chi connectivity index (χ3n) is 16.3. The summed E-state index contributed by atoms with van der Waals surface area (Å²) in [5.74, 6) is -0.785. The van der Waals surface area contributed by atoms with E-state index in [1.165, 1.54) is 276 Å². The largest absolute Gasteiger partial charge is 0.472 e. The lowest BCUT2D eigenvalue weighted by atomic mass is 10.0. The minimum atomic E-state index is -4.39. The van der Waals surface area contributed by atoms with E-state index in [9.17, 15) is 19.0 Å². The smallest absolute Gasteiger partial charge is 0.462 e. The zero-order valence-electron chi connectivity index (χ0n) is 56.4. The molecule has 0 aromatic rings. The van der Waals surface area contributed by atoms with Crippen LogP contribution in [0, 0.1) is 0 Å². The predicted molar refractivity (Wildman–Crippen MR) is 363 cm³/mol. The molecule has 0 saturated heterocycles. The van der Waals surface area contributed by atoms with E-state index in [0.717, 1.165) is 51.4 Å². The maximum atomic E-state index is 12.9. The summed E-state index contributed by atoms with van der Waals surface area (Å²) in [6.45, 7) is 4.47. The van der Waals surface area contributed by atoms with Gasteiger partial charge in [0.2, 0.25) is 0 Å². The van der Waals surface area contributed by atoms with Crippen LogP contribution in [0.15, 0.2) is 48.6 Å². The minimum Gasteiger partial charge on any atom is -0.462 e. The van der Waals surface area contributed by atoms with Crippen LogP contribution in [0.3, 0.4) is 0 Å². The lowest BCUT2D eigenvalue weighted by Crippen LogP contribution is -2.37. The van der Waals surface area contributed by atoms with Gasteiger partial charge < -0.3 is 18.9 Å². The molecular formula is C74H141NO8P+. The average molecular weight is 1200 g/mol. The first-order valence-corrected chi connectivity index (χ1v) is 37.9. The molecule has 0 rings (SSSR count). The molecule has 0 saturated carbocycles. The van der Waals surface area contributed by atoms with Gasteiger partial charge in [0.25, 0.3) is 0 Å². The van der Waals surface area contributed by atoms with Crippen molar-refractivity contribution in [1.82, 2.24) is 0 Å². The fourth-order valence-corrected chi connectivity index (χ4v) is 11.5. The highest BCUT2D eigenvalue weighted by molar-refractivity contribution is 7.47. The van der Waals surface area contributed by atoms with Gasteiger partial charge in [0.05, 0.1) is 27.7 Å². The van der Waals surface area contributed by atoms with Crippen molar-refractivity contribution in [2.45, 2.75) is 367 Å². The summed E-state index contributed by atoms with van der Waals surface area (Å²) >= 11 is 0. The van der Waals surface area contributed by atoms with E-state index in [1.807, 2.05) is 21.1 Å². The molecular weight excluding hydrogens is 1060 g/mol. The summed E-state index contributed by atoms with van der Waals surface area (Å²) in [6.07, 6.45) is 85.2. The van der Waals surface area contributed by atoms with Crippen molar-refractivity contribution in [2.24, 2.45) is 0 Å². The van der Waals surface area contributed by atoms with Crippen LogP contribution in [0.1, 0.15) is 361 Å². The van der Waals surface area contributed by atoms with Crippen LogP contribution in [0.2, 0.25) is 0 Å². The van der Waals surface area contributed by atoms with Gasteiger partial charge in [-0.25, -0.2) is 4.57 Å². The summed E-state index contributed by atoms with van der Waals surface area (Å²) in [7, 11) is 1.49. The highest BCUT2D eigenvalue weighted by Crippen LogP contribution is 2.43. The molecule has 0 spiro atoms. The number of nitrogens with zero attached hydrogens (tertiary/aromatic N) is 1. The zero-order valence-corrected chi connectivity index (χ0v) is 57.3. The number of hydrogen-bond donors (Lipinski definition) is 1. The van der Waals surface area contributed by atoms with Crippen LogP contribution in [-0.4, -0.2) is 74.9 Å². The SMILES string of the molecule is CCCCCCC/C=C\C/C=C\C/C=C\CCCCCCCCCCCCC(=O)OC(COC(=O)CCCCCCCCCCCCCCCCCCCCCCCCC/C=C\CCCCCCCCCC)COP(=O)(O)OCC[N+](C)(C)C. The topological polar surface area (TPSA) is 108 Å². The van der Waals surface area contributed by atoms with E-state index >= 15 is 0 Å². The Balaban J connectivity index is 3.97. The van der Waals surface area contributed by atoms with E-state index in [4.69, 9.17) is 18.5 Å². The quantitative estimate of drug-likeness (QED) is 0.0211. The van der Waals surface area contributed by atoms with Crippen LogP contribution in [0.5, 0.6) is 0 Å². The van der Waals surface area contributed by atoms with Crippen LogP contribution in [-0.2, 0) is 32.7 Å². The molecule has 494 valence electrons. The number of hydrogen-bond acceptors (Lipinski definition) is 7. The number of quaternary nitrogens is 1. The van der Waals surface area contributed by atoms with Crippen LogP contribution in [0.25, 0.3) is 0 Å². The van der Waals surface area contributed by atoms with E-state index in [2.05, 4.69) is 62.5 Å².